The average Bonchev–Trinajstić information content (AvgIpc) is 2.34. The van der Waals surface area contributed by atoms with Crippen LogP contribution in [0, 0.1) is 6.92 Å². The Hall–Kier alpha value is -1.61. The van der Waals surface area contributed by atoms with E-state index in [0.29, 0.717) is 6.54 Å². The summed E-state index contributed by atoms with van der Waals surface area (Å²) in [5.74, 6) is 0.891. The monoisotopic (exact) mass is 230 g/mol. The van der Waals surface area contributed by atoms with Gasteiger partial charge in [-0.15, -0.1) is 0 Å². The Morgan fingerprint density at radius 1 is 1.35 bits per heavy atom. The molecular formula is C14H18N2O. The van der Waals surface area contributed by atoms with E-state index >= 15 is 0 Å². The molecular weight excluding hydrogens is 212 g/mol. The topological polar surface area (TPSA) is 48.1 Å². The molecule has 1 heterocycles. The summed E-state index contributed by atoms with van der Waals surface area (Å²) in [6, 6.07) is 8.10. The van der Waals surface area contributed by atoms with E-state index in [2.05, 4.69) is 11.1 Å². The standard InChI is InChI=1S/C14H18N2O/c1-10-9-11(5-4-8-15)14-12(16-10)6-3-7-13(14)17-2/h3,6-7,9H,4-5,8,15H2,1-2H3. The van der Waals surface area contributed by atoms with Crippen LogP contribution in [-0.2, 0) is 6.42 Å². The summed E-state index contributed by atoms with van der Waals surface area (Å²) >= 11 is 0. The van der Waals surface area contributed by atoms with Crippen molar-refractivity contribution in [3.63, 3.8) is 0 Å². The van der Waals surface area contributed by atoms with Crippen molar-refractivity contribution in [2.75, 3.05) is 13.7 Å². The van der Waals surface area contributed by atoms with Crippen LogP contribution in [0.3, 0.4) is 0 Å². The Balaban J connectivity index is 2.61. The number of hydrogen-bond donors (Lipinski definition) is 1. The third kappa shape index (κ3) is 2.39. The third-order valence-electron chi connectivity index (χ3n) is 2.88. The molecule has 0 saturated carbocycles. The van der Waals surface area contributed by atoms with Crippen LogP contribution in [-0.4, -0.2) is 18.6 Å². The molecule has 0 fully saturated rings. The molecule has 0 unspecified atom stereocenters. The van der Waals surface area contributed by atoms with E-state index in [1.165, 1.54) is 5.56 Å². The molecule has 1 aromatic heterocycles. The SMILES string of the molecule is COc1cccc2nc(C)cc(CCCN)c12. The Morgan fingerprint density at radius 3 is 2.88 bits per heavy atom. The molecule has 3 heteroatoms. The minimum atomic E-state index is 0.706. The van der Waals surface area contributed by atoms with Gasteiger partial charge in [-0.3, -0.25) is 4.98 Å². The van der Waals surface area contributed by atoms with Crippen molar-refractivity contribution >= 4 is 10.9 Å². The zero-order valence-corrected chi connectivity index (χ0v) is 10.4. The second-order valence-electron chi connectivity index (χ2n) is 4.17. The molecule has 2 aromatic rings. The van der Waals surface area contributed by atoms with Crippen molar-refractivity contribution in [2.24, 2.45) is 5.73 Å². The van der Waals surface area contributed by atoms with Crippen molar-refractivity contribution in [2.45, 2.75) is 19.8 Å². The Kier molecular flexibility index (Phi) is 3.59. The number of nitrogens with zero attached hydrogens (tertiary/aromatic N) is 1. The Bertz CT molecular complexity index is 523. The van der Waals surface area contributed by atoms with Crippen LogP contribution >= 0.6 is 0 Å². The molecule has 2 N–H and O–H groups in total. The molecule has 0 bridgehead atoms. The van der Waals surface area contributed by atoms with E-state index in [1.54, 1.807) is 7.11 Å². The number of aromatic nitrogens is 1. The summed E-state index contributed by atoms with van der Waals surface area (Å²) in [6.45, 7) is 2.73. The van der Waals surface area contributed by atoms with Crippen molar-refractivity contribution in [3.05, 3.63) is 35.5 Å². The van der Waals surface area contributed by atoms with Crippen molar-refractivity contribution in [1.82, 2.24) is 4.98 Å². The fourth-order valence-corrected chi connectivity index (χ4v) is 2.14. The van der Waals surface area contributed by atoms with Crippen LogP contribution in [0.25, 0.3) is 10.9 Å². The second kappa shape index (κ2) is 5.15. The maximum Gasteiger partial charge on any atom is 0.128 e. The molecule has 90 valence electrons. The summed E-state index contributed by atoms with van der Waals surface area (Å²) in [5, 5.41) is 1.12. The third-order valence-corrected chi connectivity index (χ3v) is 2.88. The van der Waals surface area contributed by atoms with Crippen LogP contribution in [0.1, 0.15) is 17.7 Å². The largest absolute Gasteiger partial charge is 0.496 e. The Morgan fingerprint density at radius 2 is 2.18 bits per heavy atom. The highest BCUT2D eigenvalue weighted by Crippen LogP contribution is 2.28. The van der Waals surface area contributed by atoms with Gasteiger partial charge in [0.15, 0.2) is 0 Å². The van der Waals surface area contributed by atoms with Crippen molar-refractivity contribution in [3.8, 4) is 5.75 Å². The zero-order valence-electron chi connectivity index (χ0n) is 10.4. The first kappa shape index (κ1) is 11.9. The van der Waals surface area contributed by atoms with Gasteiger partial charge < -0.3 is 10.5 Å². The quantitative estimate of drug-likeness (QED) is 0.877. The van der Waals surface area contributed by atoms with Crippen molar-refractivity contribution < 1.29 is 4.74 Å². The van der Waals surface area contributed by atoms with E-state index in [9.17, 15) is 0 Å². The lowest BCUT2D eigenvalue weighted by Gasteiger charge is -2.11. The maximum atomic E-state index is 5.58. The van der Waals surface area contributed by atoms with E-state index in [0.717, 1.165) is 35.2 Å². The molecule has 17 heavy (non-hydrogen) atoms. The smallest absolute Gasteiger partial charge is 0.128 e. The highest BCUT2D eigenvalue weighted by molar-refractivity contribution is 5.88. The lowest BCUT2D eigenvalue weighted by Crippen LogP contribution is -2.02. The van der Waals surface area contributed by atoms with Crippen molar-refractivity contribution in [1.29, 1.82) is 0 Å². The number of fused-ring (bicyclic) bond motifs is 1. The molecule has 2 rings (SSSR count). The van der Waals surface area contributed by atoms with Gasteiger partial charge in [0.2, 0.25) is 0 Å². The number of methoxy groups -OCH3 is 1. The lowest BCUT2D eigenvalue weighted by atomic mass is 10.0. The second-order valence-corrected chi connectivity index (χ2v) is 4.17. The zero-order chi connectivity index (χ0) is 12.3. The molecule has 0 spiro atoms. The van der Waals surface area contributed by atoms with Crippen LogP contribution in [0.4, 0.5) is 0 Å². The molecule has 0 saturated heterocycles. The predicted molar refractivity (Wildman–Crippen MR) is 70.4 cm³/mol. The normalized spacial score (nSPS) is 10.8. The molecule has 3 nitrogen and oxygen atoms in total. The molecule has 0 atom stereocenters. The minimum Gasteiger partial charge on any atom is -0.496 e. The summed E-state index contributed by atoms with van der Waals surface area (Å²) < 4.78 is 5.42. The number of nitrogens with two attached hydrogens (primary N) is 1. The van der Waals surface area contributed by atoms with Gasteiger partial charge in [0.05, 0.1) is 12.6 Å². The van der Waals surface area contributed by atoms with Crippen LogP contribution in [0.5, 0.6) is 5.75 Å². The maximum absolute atomic E-state index is 5.58. The van der Waals surface area contributed by atoms with Crippen LogP contribution in [0.15, 0.2) is 24.3 Å². The fraction of sp³-hybridized carbons (Fsp3) is 0.357. The number of hydrogen-bond acceptors (Lipinski definition) is 3. The van der Waals surface area contributed by atoms with Crippen LogP contribution in [0.2, 0.25) is 0 Å². The molecule has 0 aliphatic carbocycles. The van der Waals surface area contributed by atoms with Crippen LogP contribution < -0.4 is 10.5 Å². The predicted octanol–water partition coefficient (Wildman–Crippen LogP) is 2.44. The van der Waals surface area contributed by atoms with Gasteiger partial charge in [-0.05, 0) is 50.1 Å². The van der Waals surface area contributed by atoms with Gasteiger partial charge in [0.1, 0.15) is 5.75 Å². The number of rotatable bonds is 4. The summed E-state index contributed by atoms with van der Waals surface area (Å²) in [5.41, 5.74) is 8.89. The Labute approximate surface area is 102 Å². The highest BCUT2D eigenvalue weighted by Gasteiger charge is 2.08. The lowest BCUT2D eigenvalue weighted by molar-refractivity contribution is 0.419. The minimum absolute atomic E-state index is 0.706. The van der Waals surface area contributed by atoms with E-state index in [-0.39, 0.29) is 0 Å². The first-order valence-electron chi connectivity index (χ1n) is 5.89. The fourth-order valence-electron chi connectivity index (χ4n) is 2.14. The number of aryl methyl sites for hydroxylation is 2. The van der Waals surface area contributed by atoms with E-state index in [1.807, 2.05) is 25.1 Å². The first-order chi connectivity index (χ1) is 8.26. The summed E-state index contributed by atoms with van der Waals surface area (Å²) in [6.07, 6.45) is 1.95. The molecule has 1 aromatic carbocycles. The molecule has 0 aliphatic rings. The average molecular weight is 230 g/mol. The van der Waals surface area contributed by atoms with Gasteiger partial charge in [-0.25, -0.2) is 0 Å². The van der Waals surface area contributed by atoms with Gasteiger partial charge in [0, 0.05) is 11.1 Å². The van der Waals surface area contributed by atoms with E-state index in [4.69, 9.17) is 10.5 Å². The van der Waals surface area contributed by atoms with Gasteiger partial charge in [0.25, 0.3) is 0 Å². The molecule has 0 amide bonds. The molecule has 0 radical (unpaired) electrons. The summed E-state index contributed by atoms with van der Waals surface area (Å²) in [4.78, 5) is 4.54. The first-order valence-corrected chi connectivity index (χ1v) is 5.89. The van der Waals surface area contributed by atoms with Gasteiger partial charge in [-0.1, -0.05) is 6.07 Å². The van der Waals surface area contributed by atoms with Gasteiger partial charge >= 0.3 is 0 Å². The highest BCUT2D eigenvalue weighted by atomic mass is 16.5. The number of benzene rings is 1. The van der Waals surface area contributed by atoms with E-state index < -0.39 is 0 Å². The molecule has 0 aliphatic heterocycles. The van der Waals surface area contributed by atoms with Gasteiger partial charge in [-0.2, -0.15) is 0 Å². The summed E-state index contributed by atoms with van der Waals surface area (Å²) in [7, 11) is 1.70. The number of ether oxygens (including phenoxy) is 1. The number of pyridine rings is 1.